The molecule has 1 heterocycles. The zero-order chi connectivity index (χ0) is 14.1. The van der Waals surface area contributed by atoms with Gasteiger partial charge in [-0.2, -0.15) is 5.26 Å². The van der Waals surface area contributed by atoms with Crippen LogP contribution >= 0.6 is 0 Å². The first-order valence-corrected chi connectivity index (χ1v) is 5.57. The molecular formula is C14H15N3O2. The van der Waals surface area contributed by atoms with Crippen molar-refractivity contribution >= 4 is 11.8 Å². The molecule has 0 N–H and O–H groups in total. The van der Waals surface area contributed by atoms with Gasteiger partial charge in [-0.25, -0.2) is 9.98 Å². The normalized spacial score (nSPS) is 10.1. The molecule has 0 atom stereocenters. The Labute approximate surface area is 112 Å². The van der Waals surface area contributed by atoms with Gasteiger partial charge in [-0.05, 0) is 11.6 Å². The molecule has 0 saturated carbocycles. The summed E-state index contributed by atoms with van der Waals surface area (Å²) in [4.78, 5) is 7.98. The van der Waals surface area contributed by atoms with Crippen LogP contribution < -0.4 is 4.74 Å². The van der Waals surface area contributed by atoms with Crippen LogP contribution in [-0.2, 0) is 4.74 Å². The molecule has 0 aromatic carbocycles. The molecule has 0 spiro atoms. The van der Waals surface area contributed by atoms with E-state index < -0.39 is 0 Å². The molecule has 0 aliphatic rings. The number of pyridine rings is 1. The number of nitrogens with zero attached hydrogens (tertiary/aromatic N) is 3. The van der Waals surface area contributed by atoms with Gasteiger partial charge < -0.3 is 9.47 Å². The quantitative estimate of drug-likeness (QED) is 0.427. The van der Waals surface area contributed by atoms with Gasteiger partial charge in [0.2, 0.25) is 5.88 Å². The van der Waals surface area contributed by atoms with E-state index in [4.69, 9.17) is 14.7 Å². The fourth-order valence-electron chi connectivity index (χ4n) is 1.14. The van der Waals surface area contributed by atoms with E-state index in [1.165, 1.54) is 6.21 Å². The molecule has 0 aliphatic heterocycles. The van der Waals surface area contributed by atoms with E-state index in [9.17, 15) is 0 Å². The third-order valence-electron chi connectivity index (χ3n) is 2.15. The van der Waals surface area contributed by atoms with Gasteiger partial charge in [0.15, 0.2) is 0 Å². The topological polar surface area (TPSA) is 67.5 Å². The summed E-state index contributed by atoms with van der Waals surface area (Å²) in [5.41, 5.74) is 1.58. The van der Waals surface area contributed by atoms with Gasteiger partial charge in [-0.3, -0.25) is 0 Å². The van der Waals surface area contributed by atoms with E-state index in [2.05, 4.69) is 23.1 Å². The van der Waals surface area contributed by atoms with E-state index in [1.54, 1.807) is 19.4 Å². The number of hydrogen-bond donors (Lipinski definition) is 0. The van der Waals surface area contributed by atoms with Crippen molar-refractivity contribution in [3.63, 3.8) is 0 Å². The Bertz CT molecular complexity index is 512. The second-order valence-electron chi connectivity index (χ2n) is 3.57. The average molecular weight is 257 g/mol. The van der Waals surface area contributed by atoms with Crippen molar-refractivity contribution in [2.45, 2.75) is 0 Å². The predicted molar refractivity (Wildman–Crippen MR) is 73.9 cm³/mol. The molecule has 5 heteroatoms. The lowest BCUT2D eigenvalue weighted by atomic mass is 10.1. The Balaban J connectivity index is 2.61. The third-order valence-corrected chi connectivity index (χ3v) is 2.15. The van der Waals surface area contributed by atoms with Gasteiger partial charge in [-0.1, -0.05) is 13.2 Å². The number of methoxy groups -OCH3 is 1. The lowest BCUT2D eigenvalue weighted by Crippen LogP contribution is -2.05. The number of hydrogen-bond acceptors (Lipinski definition) is 5. The highest BCUT2D eigenvalue weighted by Crippen LogP contribution is 2.13. The van der Waals surface area contributed by atoms with E-state index in [0.717, 1.165) is 5.56 Å². The zero-order valence-corrected chi connectivity index (χ0v) is 10.8. The molecule has 1 rings (SSSR count). The SMILES string of the molecule is C=C(C#N)/N=C/C(=C)c1ccc(OCCOC)nc1. The lowest BCUT2D eigenvalue weighted by Gasteiger charge is -2.05. The molecular weight excluding hydrogens is 242 g/mol. The highest BCUT2D eigenvalue weighted by Gasteiger charge is 1.99. The summed E-state index contributed by atoms with van der Waals surface area (Å²) in [6, 6.07) is 5.39. The second-order valence-corrected chi connectivity index (χ2v) is 3.57. The van der Waals surface area contributed by atoms with Crippen LogP contribution in [0.4, 0.5) is 0 Å². The molecule has 98 valence electrons. The minimum absolute atomic E-state index is 0.133. The number of nitriles is 1. The number of aromatic nitrogens is 1. The summed E-state index contributed by atoms with van der Waals surface area (Å²) < 4.78 is 10.2. The standard InChI is InChI=1S/C14H15N3O2/c1-11(9-16-12(2)8-15)13-4-5-14(17-10-13)19-7-6-18-3/h4-5,9-10H,1-2,6-7H2,3H3/b16-9+. The first-order valence-electron chi connectivity index (χ1n) is 5.57. The van der Waals surface area contributed by atoms with E-state index in [-0.39, 0.29) is 5.70 Å². The number of rotatable bonds is 7. The third kappa shape index (κ3) is 5.15. The fourth-order valence-corrected chi connectivity index (χ4v) is 1.14. The molecule has 0 saturated heterocycles. The molecule has 0 amide bonds. The van der Waals surface area contributed by atoms with E-state index in [1.807, 2.05) is 12.1 Å². The summed E-state index contributed by atoms with van der Waals surface area (Å²) in [5.74, 6) is 0.520. The number of allylic oxidation sites excluding steroid dienone is 2. The zero-order valence-electron chi connectivity index (χ0n) is 10.8. The van der Waals surface area contributed by atoms with Gasteiger partial charge in [0.05, 0.1) is 6.61 Å². The largest absolute Gasteiger partial charge is 0.475 e. The van der Waals surface area contributed by atoms with Crippen LogP contribution in [-0.4, -0.2) is 31.5 Å². The van der Waals surface area contributed by atoms with Gasteiger partial charge in [0.1, 0.15) is 18.4 Å². The Hall–Kier alpha value is -2.45. The minimum atomic E-state index is 0.133. The molecule has 19 heavy (non-hydrogen) atoms. The summed E-state index contributed by atoms with van der Waals surface area (Å²) >= 11 is 0. The van der Waals surface area contributed by atoms with Crippen molar-refractivity contribution in [1.82, 2.24) is 4.98 Å². The lowest BCUT2D eigenvalue weighted by molar-refractivity contribution is 0.144. The molecule has 0 unspecified atom stereocenters. The van der Waals surface area contributed by atoms with Crippen molar-refractivity contribution in [2.24, 2.45) is 4.99 Å². The summed E-state index contributed by atoms with van der Waals surface area (Å²) in [5, 5.41) is 8.53. The first kappa shape index (κ1) is 14.6. The second kappa shape index (κ2) is 7.80. The molecule has 0 bridgehead atoms. The van der Waals surface area contributed by atoms with Crippen LogP contribution in [0.5, 0.6) is 5.88 Å². The van der Waals surface area contributed by atoms with Crippen LogP contribution in [0.2, 0.25) is 0 Å². The number of ether oxygens (including phenoxy) is 2. The smallest absolute Gasteiger partial charge is 0.213 e. The Morgan fingerprint density at radius 1 is 1.47 bits per heavy atom. The van der Waals surface area contributed by atoms with Crippen LogP contribution in [0.25, 0.3) is 5.57 Å². The highest BCUT2D eigenvalue weighted by atomic mass is 16.5. The van der Waals surface area contributed by atoms with Crippen LogP contribution in [0.1, 0.15) is 5.56 Å². The van der Waals surface area contributed by atoms with Gasteiger partial charge in [-0.15, -0.1) is 0 Å². The first-order chi connectivity index (χ1) is 9.17. The summed E-state index contributed by atoms with van der Waals surface area (Å²) in [6.07, 6.45) is 3.11. The van der Waals surface area contributed by atoms with Gasteiger partial charge in [0.25, 0.3) is 0 Å². The molecule has 0 radical (unpaired) electrons. The maximum absolute atomic E-state index is 8.53. The fraction of sp³-hybridized carbons (Fsp3) is 0.214. The summed E-state index contributed by atoms with van der Waals surface area (Å²) in [6.45, 7) is 8.25. The Kier molecular flexibility index (Phi) is 5.99. The Morgan fingerprint density at radius 3 is 2.84 bits per heavy atom. The van der Waals surface area contributed by atoms with E-state index >= 15 is 0 Å². The number of aliphatic imine (C=N–C) groups is 1. The van der Waals surface area contributed by atoms with Crippen LogP contribution in [0.15, 0.2) is 42.2 Å². The minimum Gasteiger partial charge on any atom is -0.475 e. The monoisotopic (exact) mass is 257 g/mol. The maximum atomic E-state index is 8.53. The highest BCUT2D eigenvalue weighted by molar-refractivity contribution is 6.09. The van der Waals surface area contributed by atoms with Crippen molar-refractivity contribution in [2.75, 3.05) is 20.3 Å². The molecule has 5 nitrogen and oxygen atoms in total. The van der Waals surface area contributed by atoms with Crippen molar-refractivity contribution in [1.29, 1.82) is 5.26 Å². The van der Waals surface area contributed by atoms with Crippen molar-refractivity contribution < 1.29 is 9.47 Å². The molecule has 1 aromatic rings. The maximum Gasteiger partial charge on any atom is 0.213 e. The van der Waals surface area contributed by atoms with E-state index in [0.29, 0.717) is 24.7 Å². The van der Waals surface area contributed by atoms with Crippen LogP contribution in [0, 0.1) is 11.3 Å². The van der Waals surface area contributed by atoms with Gasteiger partial charge in [0, 0.05) is 31.2 Å². The van der Waals surface area contributed by atoms with Gasteiger partial charge >= 0.3 is 0 Å². The average Bonchev–Trinajstić information content (AvgIpc) is 2.45. The molecule has 0 fully saturated rings. The molecule has 1 aromatic heterocycles. The predicted octanol–water partition coefficient (Wildman–Crippen LogP) is 2.23. The molecule has 0 aliphatic carbocycles. The van der Waals surface area contributed by atoms with Crippen molar-refractivity contribution in [3.8, 4) is 11.9 Å². The van der Waals surface area contributed by atoms with Crippen LogP contribution in [0.3, 0.4) is 0 Å². The Morgan fingerprint density at radius 2 is 2.26 bits per heavy atom. The van der Waals surface area contributed by atoms with Crippen molar-refractivity contribution in [3.05, 3.63) is 42.7 Å². The summed E-state index contributed by atoms with van der Waals surface area (Å²) in [7, 11) is 1.61.